The van der Waals surface area contributed by atoms with Crippen LogP contribution in [-0.4, -0.2) is 32.1 Å². The molecule has 3 nitrogen and oxygen atoms in total. The zero-order chi connectivity index (χ0) is 15.1. The van der Waals surface area contributed by atoms with Crippen LogP contribution < -0.4 is 10.5 Å². The van der Waals surface area contributed by atoms with Crippen LogP contribution >= 0.6 is 0 Å². The highest BCUT2D eigenvalue weighted by Crippen LogP contribution is 2.12. The Labute approximate surface area is 127 Å². The van der Waals surface area contributed by atoms with Crippen LogP contribution in [0.2, 0.25) is 0 Å². The number of likely N-dealkylation sites (N-methyl/N-ethyl adjacent to an activating group) is 1. The molecular formula is C18H24N2O. The highest BCUT2D eigenvalue weighted by Gasteiger charge is 2.01. The number of anilines is 1. The van der Waals surface area contributed by atoms with Crippen LogP contribution in [0.5, 0.6) is 5.75 Å². The summed E-state index contributed by atoms with van der Waals surface area (Å²) in [6.45, 7) is 2.11. The van der Waals surface area contributed by atoms with Crippen LogP contribution in [0.15, 0.2) is 48.5 Å². The van der Waals surface area contributed by atoms with Gasteiger partial charge in [0, 0.05) is 18.8 Å². The molecule has 2 rings (SSSR count). The molecule has 0 aliphatic carbocycles. The van der Waals surface area contributed by atoms with E-state index in [0.29, 0.717) is 0 Å². The van der Waals surface area contributed by atoms with Gasteiger partial charge in [0.1, 0.15) is 5.75 Å². The minimum Gasteiger partial charge on any atom is -0.497 e. The quantitative estimate of drug-likeness (QED) is 0.794. The average Bonchev–Trinajstić information content (AvgIpc) is 2.53. The first kappa shape index (κ1) is 15.4. The van der Waals surface area contributed by atoms with Crippen molar-refractivity contribution in [1.82, 2.24) is 4.90 Å². The Morgan fingerprint density at radius 3 is 1.81 bits per heavy atom. The highest BCUT2D eigenvalue weighted by molar-refractivity contribution is 5.39. The van der Waals surface area contributed by atoms with Crippen molar-refractivity contribution in [2.45, 2.75) is 12.8 Å². The van der Waals surface area contributed by atoms with E-state index in [4.69, 9.17) is 10.5 Å². The molecule has 0 fully saturated rings. The maximum atomic E-state index is 5.70. The molecular weight excluding hydrogens is 260 g/mol. The molecule has 0 amide bonds. The number of hydrogen-bond acceptors (Lipinski definition) is 3. The molecule has 2 N–H and O–H groups in total. The lowest BCUT2D eigenvalue weighted by Crippen LogP contribution is -2.23. The van der Waals surface area contributed by atoms with Gasteiger partial charge in [-0.3, -0.25) is 0 Å². The van der Waals surface area contributed by atoms with Crippen molar-refractivity contribution < 1.29 is 4.74 Å². The summed E-state index contributed by atoms with van der Waals surface area (Å²) >= 11 is 0. The third-order valence-electron chi connectivity index (χ3n) is 3.70. The monoisotopic (exact) mass is 284 g/mol. The van der Waals surface area contributed by atoms with Crippen LogP contribution in [0.3, 0.4) is 0 Å². The van der Waals surface area contributed by atoms with Crippen molar-refractivity contribution in [2.75, 3.05) is 33.0 Å². The number of nitrogens with two attached hydrogens (primary N) is 1. The van der Waals surface area contributed by atoms with Crippen LogP contribution in [0, 0.1) is 0 Å². The van der Waals surface area contributed by atoms with Crippen molar-refractivity contribution in [3.63, 3.8) is 0 Å². The molecule has 0 spiro atoms. The Morgan fingerprint density at radius 1 is 0.857 bits per heavy atom. The second-order valence-corrected chi connectivity index (χ2v) is 5.39. The van der Waals surface area contributed by atoms with Gasteiger partial charge < -0.3 is 15.4 Å². The zero-order valence-corrected chi connectivity index (χ0v) is 12.9. The first-order valence-electron chi connectivity index (χ1n) is 7.33. The number of methoxy groups -OCH3 is 1. The van der Waals surface area contributed by atoms with E-state index >= 15 is 0 Å². The zero-order valence-electron chi connectivity index (χ0n) is 12.9. The summed E-state index contributed by atoms with van der Waals surface area (Å²) in [4.78, 5) is 2.36. The third kappa shape index (κ3) is 5.12. The van der Waals surface area contributed by atoms with Gasteiger partial charge in [-0.1, -0.05) is 24.3 Å². The Balaban J connectivity index is 1.73. The Morgan fingerprint density at radius 2 is 1.33 bits per heavy atom. The lowest BCUT2D eigenvalue weighted by atomic mass is 10.1. The number of nitrogens with zero attached hydrogens (tertiary/aromatic N) is 1. The Kier molecular flexibility index (Phi) is 5.64. The van der Waals surface area contributed by atoms with Gasteiger partial charge in [-0.25, -0.2) is 0 Å². The summed E-state index contributed by atoms with van der Waals surface area (Å²) in [7, 11) is 3.86. The fraction of sp³-hybridized carbons (Fsp3) is 0.333. The molecule has 0 radical (unpaired) electrons. The van der Waals surface area contributed by atoms with Crippen molar-refractivity contribution in [3.05, 3.63) is 59.7 Å². The molecule has 0 aliphatic rings. The van der Waals surface area contributed by atoms with Gasteiger partial charge in [-0.05, 0) is 55.3 Å². The maximum Gasteiger partial charge on any atom is 0.118 e. The van der Waals surface area contributed by atoms with E-state index in [1.54, 1.807) is 7.11 Å². The number of rotatable bonds is 7. The lowest BCUT2D eigenvalue weighted by molar-refractivity contribution is 0.343. The average molecular weight is 284 g/mol. The third-order valence-corrected chi connectivity index (χ3v) is 3.70. The van der Waals surface area contributed by atoms with E-state index in [-0.39, 0.29) is 0 Å². The van der Waals surface area contributed by atoms with E-state index in [1.807, 2.05) is 24.3 Å². The number of benzene rings is 2. The molecule has 0 atom stereocenters. The fourth-order valence-electron chi connectivity index (χ4n) is 2.23. The number of ether oxygens (including phenoxy) is 1. The van der Waals surface area contributed by atoms with E-state index in [1.165, 1.54) is 11.1 Å². The second-order valence-electron chi connectivity index (χ2n) is 5.39. The van der Waals surface area contributed by atoms with Crippen molar-refractivity contribution in [3.8, 4) is 5.75 Å². The van der Waals surface area contributed by atoms with Crippen molar-refractivity contribution in [2.24, 2.45) is 0 Å². The molecule has 3 heteroatoms. The first-order valence-corrected chi connectivity index (χ1v) is 7.33. The van der Waals surface area contributed by atoms with Gasteiger partial charge in [0.15, 0.2) is 0 Å². The van der Waals surface area contributed by atoms with Gasteiger partial charge in [0.25, 0.3) is 0 Å². The normalized spacial score (nSPS) is 10.8. The van der Waals surface area contributed by atoms with Gasteiger partial charge >= 0.3 is 0 Å². The molecule has 112 valence electrons. The summed E-state index contributed by atoms with van der Waals surface area (Å²) in [6.07, 6.45) is 2.11. The van der Waals surface area contributed by atoms with Crippen molar-refractivity contribution >= 4 is 5.69 Å². The number of nitrogen functional groups attached to an aromatic ring is 1. The second kappa shape index (κ2) is 7.70. The fourth-order valence-corrected chi connectivity index (χ4v) is 2.23. The highest BCUT2D eigenvalue weighted by atomic mass is 16.5. The molecule has 0 aliphatic heterocycles. The van der Waals surface area contributed by atoms with Gasteiger partial charge in [-0.15, -0.1) is 0 Å². The van der Waals surface area contributed by atoms with Crippen LogP contribution in [0.4, 0.5) is 5.69 Å². The molecule has 0 saturated heterocycles. The minimum atomic E-state index is 0.826. The van der Waals surface area contributed by atoms with Crippen LogP contribution in [0.25, 0.3) is 0 Å². The summed E-state index contributed by atoms with van der Waals surface area (Å²) in [6, 6.07) is 16.4. The van der Waals surface area contributed by atoms with E-state index in [0.717, 1.165) is 37.4 Å². The molecule has 0 aromatic heterocycles. The predicted octanol–water partition coefficient (Wildman–Crippen LogP) is 2.99. The molecule has 2 aromatic carbocycles. The maximum absolute atomic E-state index is 5.70. The smallest absolute Gasteiger partial charge is 0.118 e. The number of hydrogen-bond donors (Lipinski definition) is 1. The standard InChI is InChI=1S/C18H24N2O/c1-20(13-11-15-3-7-17(19)8-4-15)14-12-16-5-9-18(21-2)10-6-16/h3-10H,11-14,19H2,1-2H3. The molecule has 21 heavy (non-hydrogen) atoms. The van der Waals surface area contributed by atoms with Gasteiger partial charge in [0.2, 0.25) is 0 Å². The SMILES string of the molecule is COc1ccc(CCN(C)CCc2ccc(N)cc2)cc1. The summed E-state index contributed by atoms with van der Waals surface area (Å²) < 4.78 is 5.17. The summed E-state index contributed by atoms with van der Waals surface area (Å²) in [5.41, 5.74) is 9.20. The summed E-state index contributed by atoms with van der Waals surface area (Å²) in [5.74, 6) is 0.912. The minimum absolute atomic E-state index is 0.826. The lowest BCUT2D eigenvalue weighted by Gasteiger charge is -2.16. The van der Waals surface area contributed by atoms with Crippen LogP contribution in [0.1, 0.15) is 11.1 Å². The predicted molar refractivity (Wildman–Crippen MR) is 88.8 cm³/mol. The Hall–Kier alpha value is -2.00. The largest absolute Gasteiger partial charge is 0.497 e. The molecule has 0 bridgehead atoms. The van der Waals surface area contributed by atoms with Crippen LogP contribution in [-0.2, 0) is 12.8 Å². The molecule has 0 saturated carbocycles. The van der Waals surface area contributed by atoms with E-state index in [2.05, 4.69) is 36.2 Å². The topological polar surface area (TPSA) is 38.5 Å². The molecule has 0 heterocycles. The van der Waals surface area contributed by atoms with Crippen molar-refractivity contribution in [1.29, 1.82) is 0 Å². The van der Waals surface area contributed by atoms with E-state index in [9.17, 15) is 0 Å². The molecule has 2 aromatic rings. The summed E-state index contributed by atoms with van der Waals surface area (Å²) in [5, 5.41) is 0. The van der Waals surface area contributed by atoms with Gasteiger partial charge in [-0.2, -0.15) is 0 Å². The van der Waals surface area contributed by atoms with Gasteiger partial charge in [0.05, 0.1) is 7.11 Å². The first-order chi connectivity index (χ1) is 10.2. The Bertz CT molecular complexity index is 534. The van der Waals surface area contributed by atoms with E-state index < -0.39 is 0 Å². The molecule has 0 unspecified atom stereocenters.